The zero-order valence-corrected chi connectivity index (χ0v) is 18.3. The van der Waals surface area contributed by atoms with Gasteiger partial charge < -0.3 is 15.0 Å². The predicted molar refractivity (Wildman–Crippen MR) is 125 cm³/mol. The zero-order chi connectivity index (χ0) is 22.1. The fourth-order valence-corrected chi connectivity index (χ4v) is 4.27. The minimum atomic E-state index is -0.374. The molecular formula is C22H22N6O3S. The molecule has 0 saturated carbocycles. The molecule has 4 aromatic rings. The standard InChI is InChI=1S/C22H22N6O3S/c1-32-16-6-4-5-15(13-16)23-19(29)14-27-22(30)28-18-8-3-2-7-17(18)24-20(21(28)25-27)26-9-11-31-12-10-26/h2-8,13H,9-12,14H2,1H3,(H,23,29). The second-order valence-corrected chi connectivity index (χ2v) is 8.28. The molecule has 164 valence electrons. The lowest BCUT2D eigenvalue weighted by atomic mass is 10.3. The molecule has 0 atom stereocenters. The fraction of sp³-hybridized carbons (Fsp3) is 0.273. The van der Waals surface area contributed by atoms with Gasteiger partial charge in [-0.05, 0) is 36.6 Å². The summed E-state index contributed by atoms with van der Waals surface area (Å²) in [5.41, 5.74) is 2.10. The van der Waals surface area contributed by atoms with Crippen molar-refractivity contribution in [3.8, 4) is 0 Å². The van der Waals surface area contributed by atoms with Gasteiger partial charge in [-0.15, -0.1) is 16.9 Å². The third-order valence-electron chi connectivity index (χ3n) is 5.35. The van der Waals surface area contributed by atoms with Gasteiger partial charge in [0.05, 0.1) is 24.2 Å². The maximum atomic E-state index is 13.3. The first kappa shape index (κ1) is 20.5. The van der Waals surface area contributed by atoms with E-state index in [2.05, 4.69) is 15.3 Å². The number of ether oxygens (including phenoxy) is 1. The van der Waals surface area contributed by atoms with Crippen LogP contribution in [-0.4, -0.2) is 57.6 Å². The van der Waals surface area contributed by atoms with Crippen molar-refractivity contribution in [3.63, 3.8) is 0 Å². The molecule has 3 heterocycles. The van der Waals surface area contributed by atoms with E-state index in [1.807, 2.05) is 54.8 Å². The summed E-state index contributed by atoms with van der Waals surface area (Å²) < 4.78 is 8.19. The number of nitrogens with zero attached hydrogens (tertiary/aromatic N) is 5. The molecule has 0 bridgehead atoms. The first-order valence-corrected chi connectivity index (χ1v) is 11.5. The fourth-order valence-electron chi connectivity index (χ4n) is 3.81. The Kier molecular flexibility index (Phi) is 5.54. The summed E-state index contributed by atoms with van der Waals surface area (Å²) in [6.07, 6.45) is 1.97. The van der Waals surface area contributed by atoms with Crippen LogP contribution >= 0.6 is 11.8 Å². The highest BCUT2D eigenvalue weighted by molar-refractivity contribution is 7.98. The van der Waals surface area contributed by atoms with Gasteiger partial charge in [-0.2, -0.15) is 0 Å². The molecule has 0 unspecified atom stereocenters. The lowest BCUT2D eigenvalue weighted by Crippen LogP contribution is -2.37. The van der Waals surface area contributed by atoms with Gasteiger partial charge in [0.2, 0.25) is 11.6 Å². The largest absolute Gasteiger partial charge is 0.378 e. The third kappa shape index (κ3) is 3.82. The smallest absolute Gasteiger partial charge is 0.351 e. The molecule has 0 spiro atoms. The number of rotatable bonds is 5. The summed E-state index contributed by atoms with van der Waals surface area (Å²) in [4.78, 5) is 33.9. The third-order valence-corrected chi connectivity index (χ3v) is 6.07. The number of carbonyl (C=O) groups excluding carboxylic acids is 1. The number of nitrogens with one attached hydrogen (secondary N) is 1. The highest BCUT2D eigenvalue weighted by Gasteiger charge is 2.22. The van der Waals surface area contributed by atoms with Crippen LogP contribution in [0.1, 0.15) is 0 Å². The van der Waals surface area contributed by atoms with Crippen LogP contribution < -0.4 is 15.9 Å². The number of hydrogen-bond donors (Lipinski definition) is 1. The summed E-state index contributed by atoms with van der Waals surface area (Å²) in [5.74, 6) is 0.301. The Morgan fingerprint density at radius 1 is 1.16 bits per heavy atom. The summed E-state index contributed by atoms with van der Waals surface area (Å²) in [6, 6.07) is 15.0. The van der Waals surface area contributed by atoms with Crippen LogP contribution in [0, 0.1) is 0 Å². The minimum absolute atomic E-state index is 0.194. The summed E-state index contributed by atoms with van der Waals surface area (Å²) in [7, 11) is 0. The van der Waals surface area contributed by atoms with Crippen molar-refractivity contribution in [2.24, 2.45) is 0 Å². The first-order chi connectivity index (χ1) is 15.6. The quantitative estimate of drug-likeness (QED) is 0.466. The van der Waals surface area contributed by atoms with Gasteiger partial charge in [0, 0.05) is 23.7 Å². The van der Waals surface area contributed by atoms with Gasteiger partial charge in [-0.1, -0.05) is 18.2 Å². The van der Waals surface area contributed by atoms with Crippen LogP contribution in [0.15, 0.2) is 58.2 Å². The zero-order valence-electron chi connectivity index (χ0n) is 17.5. The van der Waals surface area contributed by atoms with Crippen molar-refractivity contribution in [3.05, 3.63) is 59.0 Å². The number of morpholine rings is 1. The molecule has 1 aliphatic heterocycles. The number of carbonyl (C=O) groups is 1. The Morgan fingerprint density at radius 2 is 1.97 bits per heavy atom. The van der Waals surface area contributed by atoms with Crippen LogP contribution in [0.25, 0.3) is 16.7 Å². The molecule has 32 heavy (non-hydrogen) atoms. The van der Waals surface area contributed by atoms with Gasteiger partial charge in [0.1, 0.15) is 6.54 Å². The lowest BCUT2D eigenvalue weighted by molar-refractivity contribution is -0.117. The molecule has 1 amide bonds. The molecule has 10 heteroatoms. The highest BCUT2D eigenvalue weighted by atomic mass is 32.2. The summed E-state index contributed by atoms with van der Waals surface area (Å²) in [6.45, 7) is 2.30. The van der Waals surface area contributed by atoms with E-state index in [0.29, 0.717) is 54.5 Å². The Labute approximate surface area is 188 Å². The van der Waals surface area contributed by atoms with Crippen molar-refractivity contribution in [2.45, 2.75) is 11.4 Å². The maximum Gasteiger partial charge on any atom is 0.351 e. The van der Waals surface area contributed by atoms with E-state index < -0.39 is 0 Å². The molecule has 1 saturated heterocycles. The number of para-hydroxylation sites is 2. The van der Waals surface area contributed by atoms with Crippen LogP contribution in [0.2, 0.25) is 0 Å². The Morgan fingerprint density at radius 3 is 2.78 bits per heavy atom. The van der Waals surface area contributed by atoms with Crippen molar-refractivity contribution >= 4 is 45.9 Å². The van der Waals surface area contributed by atoms with Crippen LogP contribution in [0.4, 0.5) is 11.5 Å². The van der Waals surface area contributed by atoms with E-state index in [9.17, 15) is 9.59 Å². The number of aromatic nitrogens is 4. The summed E-state index contributed by atoms with van der Waals surface area (Å²) in [5, 5.41) is 7.36. The van der Waals surface area contributed by atoms with E-state index in [-0.39, 0.29) is 18.1 Å². The van der Waals surface area contributed by atoms with E-state index in [1.165, 1.54) is 9.08 Å². The average molecular weight is 451 g/mol. The van der Waals surface area contributed by atoms with Gasteiger partial charge in [-0.25, -0.2) is 18.9 Å². The van der Waals surface area contributed by atoms with E-state index in [0.717, 1.165) is 4.90 Å². The molecule has 2 aromatic carbocycles. The maximum absolute atomic E-state index is 13.3. The normalized spacial score (nSPS) is 14.2. The van der Waals surface area contributed by atoms with Gasteiger partial charge in [-0.3, -0.25) is 4.79 Å². The molecule has 0 aliphatic carbocycles. The number of anilines is 2. The second-order valence-electron chi connectivity index (χ2n) is 7.40. The van der Waals surface area contributed by atoms with Crippen LogP contribution in [0.5, 0.6) is 0 Å². The lowest BCUT2D eigenvalue weighted by Gasteiger charge is -2.27. The van der Waals surface area contributed by atoms with Gasteiger partial charge >= 0.3 is 5.69 Å². The molecule has 0 radical (unpaired) electrons. The van der Waals surface area contributed by atoms with Crippen LogP contribution in [0.3, 0.4) is 0 Å². The van der Waals surface area contributed by atoms with E-state index >= 15 is 0 Å². The number of hydrogen-bond acceptors (Lipinski definition) is 7. The van der Waals surface area contributed by atoms with Crippen molar-refractivity contribution in [1.82, 2.24) is 19.2 Å². The SMILES string of the molecule is CSc1cccc(NC(=O)Cn2nc3c(N4CCOCC4)nc4ccccc4n3c2=O)c1. The van der Waals surface area contributed by atoms with E-state index in [4.69, 9.17) is 9.72 Å². The van der Waals surface area contributed by atoms with Crippen molar-refractivity contribution < 1.29 is 9.53 Å². The Hall–Kier alpha value is -3.37. The molecule has 5 rings (SSSR count). The van der Waals surface area contributed by atoms with E-state index in [1.54, 1.807) is 11.8 Å². The van der Waals surface area contributed by atoms with Crippen molar-refractivity contribution in [1.29, 1.82) is 0 Å². The Bertz CT molecular complexity index is 1360. The molecule has 1 N–H and O–H groups in total. The molecule has 1 aliphatic rings. The second kappa shape index (κ2) is 8.64. The molecule has 1 fully saturated rings. The van der Waals surface area contributed by atoms with Gasteiger partial charge in [0.15, 0.2) is 5.82 Å². The number of thioether (sulfide) groups is 1. The highest BCUT2D eigenvalue weighted by Crippen LogP contribution is 2.23. The molecule has 9 nitrogen and oxygen atoms in total. The monoisotopic (exact) mass is 450 g/mol. The number of fused-ring (bicyclic) bond motifs is 3. The van der Waals surface area contributed by atoms with Crippen molar-refractivity contribution in [2.75, 3.05) is 42.8 Å². The Balaban J connectivity index is 1.54. The minimum Gasteiger partial charge on any atom is -0.378 e. The average Bonchev–Trinajstić information content (AvgIpc) is 3.15. The molecular weight excluding hydrogens is 428 g/mol. The first-order valence-electron chi connectivity index (χ1n) is 10.3. The molecule has 2 aromatic heterocycles. The topological polar surface area (TPSA) is 93.8 Å². The number of benzene rings is 2. The summed E-state index contributed by atoms with van der Waals surface area (Å²) >= 11 is 1.59. The predicted octanol–water partition coefficient (Wildman–Crippen LogP) is 2.24. The number of amides is 1. The van der Waals surface area contributed by atoms with Crippen LogP contribution in [-0.2, 0) is 16.1 Å². The van der Waals surface area contributed by atoms with Gasteiger partial charge in [0.25, 0.3) is 0 Å².